The predicted octanol–water partition coefficient (Wildman–Crippen LogP) is 3.56. The topological polar surface area (TPSA) is 116 Å². The third kappa shape index (κ3) is 7.15. The van der Waals surface area contributed by atoms with Crippen LogP contribution >= 0.6 is 0 Å². The molecule has 1 heterocycles. The van der Waals surface area contributed by atoms with Crippen LogP contribution in [0, 0.1) is 0 Å². The summed E-state index contributed by atoms with van der Waals surface area (Å²) >= 11 is 0. The van der Waals surface area contributed by atoms with Gasteiger partial charge in [0, 0.05) is 45.3 Å². The maximum absolute atomic E-state index is 13.6. The summed E-state index contributed by atoms with van der Waals surface area (Å²) in [5.74, 6) is 2.78. The molecular formula is C32H41N3O9S. The van der Waals surface area contributed by atoms with Crippen LogP contribution in [0.4, 0.5) is 5.69 Å². The Balaban J connectivity index is 1.47. The summed E-state index contributed by atoms with van der Waals surface area (Å²) in [4.78, 5) is 17.4. The van der Waals surface area contributed by atoms with Gasteiger partial charge < -0.3 is 38.2 Å². The zero-order chi connectivity index (χ0) is 32.7. The molecule has 1 aliphatic heterocycles. The average Bonchev–Trinajstić information content (AvgIpc) is 3.08. The number of rotatable bonds is 13. The van der Waals surface area contributed by atoms with E-state index in [1.165, 1.54) is 25.6 Å². The van der Waals surface area contributed by atoms with Crippen LogP contribution in [0.2, 0.25) is 0 Å². The van der Waals surface area contributed by atoms with Crippen molar-refractivity contribution in [3.05, 3.63) is 59.7 Å². The quantitative estimate of drug-likeness (QED) is 0.274. The van der Waals surface area contributed by atoms with Gasteiger partial charge in [0.05, 0.1) is 53.2 Å². The predicted molar refractivity (Wildman–Crippen MR) is 170 cm³/mol. The molecule has 4 rings (SSSR count). The van der Waals surface area contributed by atoms with Crippen LogP contribution in [0.3, 0.4) is 0 Å². The lowest BCUT2D eigenvalue weighted by Crippen LogP contribution is -2.49. The molecule has 0 aliphatic carbocycles. The Kier molecular flexibility index (Phi) is 10.9. The van der Waals surface area contributed by atoms with E-state index in [2.05, 4.69) is 0 Å². The molecule has 0 saturated carbocycles. The van der Waals surface area contributed by atoms with E-state index in [-0.39, 0.29) is 17.3 Å². The number of benzene rings is 3. The van der Waals surface area contributed by atoms with Crippen LogP contribution in [-0.2, 0) is 16.4 Å². The van der Waals surface area contributed by atoms with Crippen molar-refractivity contribution >= 4 is 21.6 Å². The number of carbonyl (C=O) groups is 1. The van der Waals surface area contributed by atoms with Crippen molar-refractivity contribution in [2.45, 2.75) is 11.3 Å². The number of hydrogen-bond donors (Lipinski definition) is 0. The van der Waals surface area contributed by atoms with E-state index in [1.807, 2.05) is 17.0 Å². The van der Waals surface area contributed by atoms with Gasteiger partial charge in [-0.05, 0) is 54.4 Å². The van der Waals surface area contributed by atoms with E-state index < -0.39 is 10.0 Å². The molecule has 1 saturated heterocycles. The number of anilines is 1. The molecular weight excluding hydrogens is 602 g/mol. The number of hydrogen-bond acceptors (Lipinski definition) is 10. The highest BCUT2D eigenvalue weighted by Gasteiger charge is 2.28. The maximum Gasteiger partial charge on any atom is 0.254 e. The molecule has 0 aromatic heterocycles. The smallest absolute Gasteiger partial charge is 0.254 e. The summed E-state index contributed by atoms with van der Waals surface area (Å²) in [6.07, 6.45) is 0.487. The first-order valence-corrected chi connectivity index (χ1v) is 15.7. The van der Waals surface area contributed by atoms with Gasteiger partial charge in [-0.25, -0.2) is 12.7 Å². The number of carbonyl (C=O) groups excluding carboxylic acids is 1. The van der Waals surface area contributed by atoms with Crippen molar-refractivity contribution < 1.29 is 41.6 Å². The lowest BCUT2D eigenvalue weighted by atomic mass is 10.1. The van der Waals surface area contributed by atoms with Gasteiger partial charge in [0.2, 0.25) is 15.8 Å². The fourth-order valence-corrected chi connectivity index (χ4v) is 6.43. The molecule has 1 amide bonds. The number of piperazine rings is 1. The first kappa shape index (κ1) is 33.5. The van der Waals surface area contributed by atoms with Gasteiger partial charge in [0.15, 0.2) is 23.0 Å². The second-order valence-electron chi connectivity index (χ2n) is 10.3. The zero-order valence-corrected chi connectivity index (χ0v) is 27.6. The van der Waals surface area contributed by atoms with Crippen LogP contribution < -0.4 is 33.3 Å². The molecule has 0 atom stereocenters. The SMILES string of the molecule is COc1ccc(CCN(C)S(=O)(=O)c2ccc(OC)c(N3CCN(C(=O)c4cc(OC)c(OC)c(OC)c4)CC3)c2)cc1OC. The number of amides is 1. The van der Waals surface area contributed by atoms with Crippen molar-refractivity contribution in [1.29, 1.82) is 0 Å². The van der Waals surface area contributed by atoms with Gasteiger partial charge in [-0.2, -0.15) is 0 Å². The highest BCUT2D eigenvalue weighted by atomic mass is 32.2. The minimum Gasteiger partial charge on any atom is -0.495 e. The molecule has 45 heavy (non-hydrogen) atoms. The van der Waals surface area contributed by atoms with E-state index in [0.29, 0.717) is 78.3 Å². The highest BCUT2D eigenvalue weighted by molar-refractivity contribution is 7.89. The third-order valence-electron chi connectivity index (χ3n) is 7.84. The fraction of sp³-hybridized carbons (Fsp3) is 0.406. The van der Waals surface area contributed by atoms with E-state index >= 15 is 0 Å². The van der Waals surface area contributed by atoms with E-state index in [0.717, 1.165) is 5.56 Å². The first-order chi connectivity index (χ1) is 21.6. The van der Waals surface area contributed by atoms with Crippen molar-refractivity contribution in [2.24, 2.45) is 0 Å². The van der Waals surface area contributed by atoms with Crippen molar-refractivity contribution in [1.82, 2.24) is 9.21 Å². The lowest BCUT2D eigenvalue weighted by molar-refractivity contribution is 0.0745. The minimum atomic E-state index is -3.81. The molecule has 244 valence electrons. The summed E-state index contributed by atoms with van der Waals surface area (Å²) in [5, 5.41) is 0. The molecule has 12 nitrogen and oxygen atoms in total. The zero-order valence-electron chi connectivity index (χ0n) is 26.8. The van der Waals surface area contributed by atoms with Crippen molar-refractivity contribution in [3.63, 3.8) is 0 Å². The number of nitrogens with zero attached hydrogens (tertiary/aromatic N) is 3. The Morgan fingerprint density at radius 3 is 1.84 bits per heavy atom. The van der Waals surface area contributed by atoms with Gasteiger partial charge >= 0.3 is 0 Å². The molecule has 3 aromatic rings. The van der Waals surface area contributed by atoms with Gasteiger partial charge in [-0.3, -0.25) is 4.79 Å². The molecule has 0 spiro atoms. The summed E-state index contributed by atoms with van der Waals surface area (Å²) < 4.78 is 61.0. The Hall–Kier alpha value is -4.36. The number of likely N-dealkylation sites (N-methyl/N-ethyl adjacent to an activating group) is 1. The number of sulfonamides is 1. The monoisotopic (exact) mass is 643 g/mol. The normalized spacial score (nSPS) is 13.4. The van der Waals surface area contributed by atoms with Crippen molar-refractivity contribution in [2.75, 3.05) is 87.3 Å². The molecule has 0 bridgehead atoms. The van der Waals surface area contributed by atoms with Crippen LogP contribution in [0.25, 0.3) is 0 Å². The van der Waals surface area contributed by atoms with Crippen LogP contribution in [-0.4, -0.2) is 106 Å². The minimum absolute atomic E-state index is 0.157. The van der Waals surface area contributed by atoms with E-state index in [1.54, 1.807) is 69.7 Å². The first-order valence-electron chi connectivity index (χ1n) is 14.3. The molecule has 3 aromatic carbocycles. The van der Waals surface area contributed by atoms with Crippen LogP contribution in [0.15, 0.2) is 53.4 Å². The van der Waals surface area contributed by atoms with Gasteiger partial charge in [-0.15, -0.1) is 0 Å². The molecule has 0 unspecified atom stereocenters. The fourth-order valence-electron chi connectivity index (χ4n) is 5.24. The molecule has 1 aliphatic rings. The highest BCUT2D eigenvalue weighted by Crippen LogP contribution is 2.39. The number of ether oxygens (including phenoxy) is 6. The van der Waals surface area contributed by atoms with Gasteiger partial charge in [-0.1, -0.05) is 6.07 Å². The summed E-state index contributed by atoms with van der Waals surface area (Å²) in [6, 6.07) is 13.7. The summed E-state index contributed by atoms with van der Waals surface area (Å²) in [7, 11) is 6.95. The van der Waals surface area contributed by atoms with Crippen LogP contribution in [0.1, 0.15) is 15.9 Å². The molecule has 13 heteroatoms. The Bertz CT molecular complexity index is 1580. The summed E-state index contributed by atoms with van der Waals surface area (Å²) in [6.45, 7) is 2.05. The second-order valence-corrected chi connectivity index (χ2v) is 12.3. The Morgan fingerprint density at radius 2 is 1.29 bits per heavy atom. The summed E-state index contributed by atoms with van der Waals surface area (Å²) in [5.41, 5.74) is 1.98. The standard InChI is InChI=1S/C32H41N3O9S/c1-33(13-12-22-8-10-27(40-3)28(18-22)41-4)45(37,38)24-9-11-26(39-2)25(21-24)34-14-16-35(17-15-34)32(36)23-19-29(42-5)31(44-7)30(20-23)43-6/h8-11,18-21H,12-17H2,1-7H3. The van der Waals surface area contributed by atoms with Crippen LogP contribution in [0.5, 0.6) is 34.5 Å². The Morgan fingerprint density at radius 1 is 0.711 bits per heavy atom. The molecule has 0 radical (unpaired) electrons. The largest absolute Gasteiger partial charge is 0.495 e. The van der Waals surface area contributed by atoms with Crippen molar-refractivity contribution in [3.8, 4) is 34.5 Å². The lowest BCUT2D eigenvalue weighted by Gasteiger charge is -2.37. The third-order valence-corrected chi connectivity index (χ3v) is 9.69. The average molecular weight is 644 g/mol. The van der Waals surface area contributed by atoms with E-state index in [9.17, 15) is 13.2 Å². The molecule has 1 fully saturated rings. The number of methoxy groups -OCH3 is 6. The van der Waals surface area contributed by atoms with Gasteiger partial charge in [0.1, 0.15) is 5.75 Å². The van der Waals surface area contributed by atoms with E-state index in [4.69, 9.17) is 28.4 Å². The Labute approximate surface area is 265 Å². The molecule has 0 N–H and O–H groups in total. The maximum atomic E-state index is 13.6. The van der Waals surface area contributed by atoms with Gasteiger partial charge in [0.25, 0.3) is 5.91 Å². The second kappa shape index (κ2) is 14.6.